The van der Waals surface area contributed by atoms with Crippen LogP contribution in [-0.2, 0) is 26.2 Å². The number of amides is 3. The maximum absolute atomic E-state index is 13.2. The average Bonchev–Trinajstić information content (AvgIpc) is 2.97. The minimum absolute atomic E-state index is 0.000753. The van der Waals surface area contributed by atoms with Crippen LogP contribution in [0.15, 0.2) is 53.4 Å². The van der Waals surface area contributed by atoms with Gasteiger partial charge < -0.3 is 10.2 Å². The highest BCUT2D eigenvalue weighted by Gasteiger charge is 2.40. The van der Waals surface area contributed by atoms with Gasteiger partial charge in [0.15, 0.2) is 0 Å². The molecule has 1 heterocycles. The van der Waals surface area contributed by atoms with Crippen LogP contribution in [0.4, 0.5) is 0 Å². The number of nitrogens with zero attached hydrogens (tertiary/aromatic N) is 2. The molecule has 2 aromatic rings. The molecule has 0 aromatic heterocycles. The van der Waals surface area contributed by atoms with E-state index in [4.69, 9.17) is 0 Å². The molecule has 1 aliphatic rings. The molecule has 9 heteroatoms. The number of fused-ring (bicyclic) bond motifs is 1. The molecule has 0 radical (unpaired) electrons. The predicted molar refractivity (Wildman–Crippen MR) is 128 cm³/mol. The summed E-state index contributed by atoms with van der Waals surface area (Å²) in [4.78, 5) is 39.9. The zero-order chi connectivity index (χ0) is 25.0. The lowest BCUT2D eigenvalue weighted by atomic mass is 10.1. The highest BCUT2D eigenvalue weighted by atomic mass is 32.2. The molecule has 0 saturated heterocycles. The van der Waals surface area contributed by atoms with E-state index in [9.17, 15) is 22.8 Å². The molecule has 1 N–H and O–H groups in total. The van der Waals surface area contributed by atoms with E-state index in [0.29, 0.717) is 0 Å². The van der Waals surface area contributed by atoms with Gasteiger partial charge in [0.1, 0.15) is 10.9 Å². The minimum atomic E-state index is -3.92. The van der Waals surface area contributed by atoms with Gasteiger partial charge in [-0.1, -0.05) is 42.0 Å². The molecule has 34 heavy (non-hydrogen) atoms. The Labute approximate surface area is 201 Å². The number of hydrogen-bond donors (Lipinski definition) is 1. The van der Waals surface area contributed by atoms with Crippen molar-refractivity contribution in [1.29, 1.82) is 0 Å². The van der Waals surface area contributed by atoms with E-state index in [1.54, 1.807) is 19.1 Å². The van der Waals surface area contributed by atoms with E-state index in [2.05, 4.69) is 5.32 Å². The molecule has 2 aromatic carbocycles. The average molecular weight is 486 g/mol. The Morgan fingerprint density at radius 2 is 1.76 bits per heavy atom. The number of nitrogens with one attached hydrogen (secondary N) is 1. The third kappa shape index (κ3) is 5.47. The zero-order valence-corrected chi connectivity index (χ0v) is 20.8. The summed E-state index contributed by atoms with van der Waals surface area (Å²) in [7, 11) is -3.92. The van der Waals surface area contributed by atoms with Crippen LogP contribution >= 0.6 is 0 Å². The number of carbonyl (C=O) groups excluding carboxylic acids is 3. The van der Waals surface area contributed by atoms with Gasteiger partial charge in [0.05, 0.1) is 5.56 Å². The van der Waals surface area contributed by atoms with Crippen LogP contribution < -0.4 is 5.32 Å². The quantitative estimate of drug-likeness (QED) is 0.588. The first-order valence-corrected chi connectivity index (χ1v) is 12.8. The molecule has 1 aliphatic heterocycles. The Hall–Kier alpha value is -3.20. The highest BCUT2D eigenvalue weighted by molar-refractivity contribution is 7.90. The van der Waals surface area contributed by atoms with Gasteiger partial charge in [0.25, 0.3) is 15.9 Å². The van der Waals surface area contributed by atoms with Crippen LogP contribution in [0.3, 0.4) is 0 Å². The molecular formula is C25H31N3O5S. The number of carbonyl (C=O) groups is 3. The summed E-state index contributed by atoms with van der Waals surface area (Å²) in [5.41, 5.74) is 2.08. The Morgan fingerprint density at radius 1 is 1.06 bits per heavy atom. The smallest absolute Gasteiger partial charge is 0.269 e. The van der Waals surface area contributed by atoms with Crippen molar-refractivity contribution >= 4 is 27.7 Å². The summed E-state index contributed by atoms with van der Waals surface area (Å²) in [6, 6.07) is 13.0. The maximum atomic E-state index is 13.2. The van der Waals surface area contributed by atoms with E-state index >= 15 is 0 Å². The van der Waals surface area contributed by atoms with Crippen LogP contribution in [0.2, 0.25) is 0 Å². The maximum Gasteiger partial charge on any atom is 0.269 e. The summed E-state index contributed by atoms with van der Waals surface area (Å²) >= 11 is 0. The molecule has 0 aliphatic carbocycles. The van der Waals surface area contributed by atoms with Crippen molar-refractivity contribution in [3.05, 3.63) is 65.2 Å². The van der Waals surface area contributed by atoms with Gasteiger partial charge in [0.2, 0.25) is 11.8 Å². The van der Waals surface area contributed by atoms with Gasteiger partial charge in [-0.3, -0.25) is 14.4 Å². The van der Waals surface area contributed by atoms with E-state index in [-0.39, 0.29) is 54.2 Å². The van der Waals surface area contributed by atoms with E-state index < -0.39 is 22.0 Å². The minimum Gasteiger partial charge on any atom is -0.352 e. The normalized spacial score (nSPS) is 15.2. The van der Waals surface area contributed by atoms with Gasteiger partial charge in [-0.05, 0) is 51.8 Å². The summed E-state index contributed by atoms with van der Waals surface area (Å²) < 4.78 is 26.3. The van der Waals surface area contributed by atoms with Crippen molar-refractivity contribution in [3.63, 3.8) is 0 Å². The summed E-state index contributed by atoms with van der Waals surface area (Å²) in [5.74, 6) is -1.12. The van der Waals surface area contributed by atoms with E-state index in [0.717, 1.165) is 15.4 Å². The molecule has 3 amide bonds. The second-order valence-corrected chi connectivity index (χ2v) is 10.7. The fraction of sp³-hybridized carbons (Fsp3) is 0.400. The Bertz CT molecular complexity index is 1190. The van der Waals surface area contributed by atoms with Gasteiger partial charge in [-0.2, -0.15) is 0 Å². The molecule has 0 saturated carbocycles. The van der Waals surface area contributed by atoms with Gasteiger partial charge in [-0.25, -0.2) is 12.7 Å². The summed E-state index contributed by atoms with van der Waals surface area (Å²) in [6.07, 6.45) is 0.154. The molecule has 1 atom stereocenters. The Balaban J connectivity index is 1.71. The molecule has 8 nitrogen and oxygen atoms in total. The van der Waals surface area contributed by atoms with Crippen molar-refractivity contribution < 1.29 is 22.8 Å². The topological polar surface area (TPSA) is 104 Å². The predicted octanol–water partition coefficient (Wildman–Crippen LogP) is 2.86. The summed E-state index contributed by atoms with van der Waals surface area (Å²) in [6.45, 7) is 7.48. The number of aryl methyl sites for hydroxylation is 1. The first kappa shape index (κ1) is 25.4. The van der Waals surface area contributed by atoms with Gasteiger partial charge in [-0.15, -0.1) is 0 Å². The molecular weight excluding hydrogens is 454 g/mol. The molecule has 0 spiro atoms. The summed E-state index contributed by atoms with van der Waals surface area (Å²) in [5, 5.41) is 2.84. The first-order valence-electron chi connectivity index (χ1n) is 11.3. The molecule has 182 valence electrons. The monoisotopic (exact) mass is 485 g/mol. The van der Waals surface area contributed by atoms with Crippen LogP contribution in [-0.4, -0.2) is 54.0 Å². The Morgan fingerprint density at radius 3 is 2.41 bits per heavy atom. The van der Waals surface area contributed by atoms with Crippen molar-refractivity contribution in [1.82, 2.24) is 14.5 Å². The lowest BCUT2D eigenvalue weighted by Gasteiger charge is -2.29. The second-order valence-electron chi connectivity index (χ2n) is 8.83. The number of sulfonamides is 1. The lowest BCUT2D eigenvalue weighted by molar-refractivity contribution is -0.140. The van der Waals surface area contributed by atoms with Crippen LogP contribution in [0.5, 0.6) is 0 Å². The molecule has 0 bridgehead atoms. The molecule has 0 unspecified atom stereocenters. The second kappa shape index (κ2) is 10.4. The van der Waals surface area contributed by atoms with Crippen molar-refractivity contribution in [2.24, 2.45) is 0 Å². The SMILES string of the molecule is Cc1cccc(CN(C(=O)CCCN2C(=O)c3ccccc3S2(=O)=O)[C@@H](C)C(=O)NC(C)C)c1. The van der Waals surface area contributed by atoms with Crippen LogP contribution in [0, 0.1) is 6.92 Å². The van der Waals surface area contributed by atoms with Crippen LogP contribution in [0.25, 0.3) is 0 Å². The third-order valence-electron chi connectivity index (χ3n) is 5.70. The fourth-order valence-electron chi connectivity index (χ4n) is 3.96. The number of hydrogen-bond acceptors (Lipinski definition) is 5. The largest absolute Gasteiger partial charge is 0.352 e. The lowest BCUT2D eigenvalue weighted by Crippen LogP contribution is -2.49. The zero-order valence-electron chi connectivity index (χ0n) is 19.9. The van der Waals surface area contributed by atoms with Crippen molar-refractivity contribution in [2.45, 2.75) is 64.1 Å². The number of benzene rings is 2. The fourth-order valence-corrected chi connectivity index (χ4v) is 5.57. The standard InChI is InChI=1S/C25H31N3O5S/c1-17(2)26-24(30)19(4)27(16-20-10-7-9-18(3)15-20)23(29)13-8-14-28-25(31)21-11-5-6-12-22(21)34(28,32)33/h5-7,9-12,15,17,19H,8,13-14,16H2,1-4H3,(H,26,30)/t19-/m0/s1. The van der Waals surface area contributed by atoms with Crippen molar-refractivity contribution in [3.8, 4) is 0 Å². The van der Waals surface area contributed by atoms with Gasteiger partial charge in [0, 0.05) is 25.6 Å². The first-order chi connectivity index (χ1) is 16.0. The van der Waals surface area contributed by atoms with Gasteiger partial charge >= 0.3 is 0 Å². The third-order valence-corrected chi connectivity index (χ3v) is 7.54. The molecule has 3 rings (SSSR count). The Kier molecular flexibility index (Phi) is 7.76. The number of rotatable bonds is 9. The van der Waals surface area contributed by atoms with Crippen LogP contribution in [0.1, 0.15) is 55.1 Å². The molecule has 0 fully saturated rings. The van der Waals surface area contributed by atoms with Crippen molar-refractivity contribution in [2.75, 3.05) is 6.54 Å². The van der Waals surface area contributed by atoms with E-state index in [1.165, 1.54) is 17.0 Å². The highest BCUT2D eigenvalue weighted by Crippen LogP contribution is 2.30. The van der Waals surface area contributed by atoms with E-state index in [1.807, 2.05) is 45.0 Å².